The van der Waals surface area contributed by atoms with Gasteiger partial charge in [-0.1, -0.05) is 34.1 Å². The summed E-state index contributed by atoms with van der Waals surface area (Å²) < 4.78 is 10.8. The molecule has 1 aliphatic carbocycles. The van der Waals surface area contributed by atoms with E-state index in [-0.39, 0.29) is 23.8 Å². The number of hydrogen-bond acceptors (Lipinski definition) is 6. The SMILES string of the molecule is CCC(C)CC(=O)OC1C(=O)C(CO)=CC(OC(C)=O)C1C(C)C. The molecule has 0 radical (unpaired) electrons. The smallest absolute Gasteiger partial charge is 0.306 e. The average Bonchev–Trinajstić information content (AvgIpc) is 2.48. The molecule has 136 valence electrons. The highest BCUT2D eigenvalue weighted by molar-refractivity contribution is 6.01. The average molecular weight is 340 g/mol. The van der Waals surface area contributed by atoms with E-state index < -0.39 is 42.5 Å². The standard InChI is InChI=1S/C18H28O6/c1-6-11(4)7-15(21)24-18-16(10(2)3)14(23-12(5)20)8-13(9-19)17(18)22/h8,10-11,14,16,18-19H,6-7,9H2,1-5H3. The van der Waals surface area contributed by atoms with Crippen LogP contribution in [0.5, 0.6) is 0 Å². The maximum Gasteiger partial charge on any atom is 0.306 e. The predicted octanol–water partition coefficient (Wildman–Crippen LogP) is 2.04. The molecule has 4 atom stereocenters. The molecule has 0 aromatic rings. The summed E-state index contributed by atoms with van der Waals surface area (Å²) in [6, 6.07) is 0. The summed E-state index contributed by atoms with van der Waals surface area (Å²) >= 11 is 0. The summed E-state index contributed by atoms with van der Waals surface area (Å²) in [7, 11) is 0. The van der Waals surface area contributed by atoms with Crippen LogP contribution in [0.4, 0.5) is 0 Å². The van der Waals surface area contributed by atoms with Gasteiger partial charge in [-0.25, -0.2) is 0 Å². The lowest BCUT2D eigenvalue weighted by atomic mass is 9.77. The topological polar surface area (TPSA) is 89.9 Å². The van der Waals surface area contributed by atoms with Gasteiger partial charge >= 0.3 is 11.9 Å². The van der Waals surface area contributed by atoms with Gasteiger partial charge < -0.3 is 14.6 Å². The number of Topliss-reactive ketones (excluding diaryl/α,β-unsaturated/α-hetero) is 1. The van der Waals surface area contributed by atoms with Crippen molar-refractivity contribution in [1.82, 2.24) is 0 Å². The van der Waals surface area contributed by atoms with E-state index in [1.165, 1.54) is 13.0 Å². The maximum absolute atomic E-state index is 12.5. The van der Waals surface area contributed by atoms with Crippen LogP contribution in [0.25, 0.3) is 0 Å². The first-order chi connectivity index (χ1) is 11.2. The molecule has 0 bridgehead atoms. The van der Waals surface area contributed by atoms with Crippen molar-refractivity contribution in [2.75, 3.05) is 6.61 Å². The zero-order valence-corrected chi connectivity index (χ0v) is 15.1. The Morgan fingerprint density at radius 1 is 1.25 bits per heavy atom. The molecule has 0 amide bonds. The van der Waals surface area contributed by atoms with E-state index in [0.29, 0.717) is 0 Å². The van der Waals surface area contributed by atoms with Gasteiger partial charge in [0.05, 0.1) is 6.61 Å². The highest BCUT2D eigenvalue weighted by Gasteiger charge is 2.44. The van der Waals surface area contributed by atoms with Crippen LogP contribution in [0, 0.1) is 17.8 Å². The first-order valence-corrected chi connectivity index (χ1v) is 8.43. The van der Waals surface area contributed by atoms with Gasteiger partial charge in [-0.2, -0.15) is 0 Å². The van der Waals surface area contributed by atoms with Gasteiger partial charge in [0, 0.05) is 24.8 Å². The Hall–Kier alpha value is -1.69. The minimum Gasteiger partial charge on any atom is -0.458 e. The zero-order valence-electron chi connectivity index (χ0n) is 15.1. The highest BCUT2D eigenvalue weighted by atomic mass is 16.6. The number of rotatable bonds is 7. The number of ketones is 1. The summed E-state index contributed by atoms with van der Waals surface area (Å²) in [6.45, 7) is 8.46. The van der Waals surface area contributed by atoms with Crippen LogP contribution in [-0.2, 0) is 23.9 Å². The van der Waals surface area contributed by atoms with Gasteiger partial charge in [0.2, 0.25) is 5.78 Å². The lowest BCUT2D eigenvalue weighted by Crippen LogP contribution is -2.48. The van der Waals surface area contributed by atoms with E-state index in [1.54, 1.807) is 0 Å². The molecule has 6 nitrogen and oxygen atoms in total. The fourth-order valence-electron chi connectivity index (χ4n) is 2.84. The van der Waals surface area contributed by atoms with Crippen molar-refractivity contribution in [3.8, 4) is 0 Å². The molecule has 0 aliphatic heterocycles. The van der Waals surface area contributed by atoms with Crippen molar-refractivity contribution >= 4 is 17.7 Å². The third-order valence-electron chi connectivity index (χ3n) is 4.38. The number of hydrogen-bond donors (Lipinski definition) is 1. The van der Waals surface area contributed by atoms with E-state index in [9.17, 15) is 19.5 Å². The van der Waals surface area contributed by atoms with E-state index in [1.807, 2.05) is 27.7 Å². The van der Waals surface area contributed by atoms with E-state index in [2.05, 4.69) is 0 Å². The summed E-state index contributed by atoms with van der Waals surface area (Å²) in [5.74, 6) is -1.73. The molecule has 0 aromatic heterocycles. The molecule has 0 saturated heterocycles. The Balaban J connectivity index is 3.08. The van der Waals surface area contributed by atoms with Crippen LogP contribution in [0.2, 0.25) is 0 Å². The van der Waals surface area contributed by atoms with Crippen molar-refractivity contribution in [2.24, 2.45) is 17.8 Å². The first kappa shape index (κ1) is 20.4. The van der Waals surface area contributed by atoms with Crippen LogP contribution < -0.4 is 0 Å². The third-order valence-corrected chi connectivity index (χ3v) is 4.38. The summed E-state index contributed by atoms with van der Waals surface area (Å²) in [4.78, 5) is 36.1. The lowest BCUT2D eigenvalue weighted by Gasteiger charge is -2.37. The van der Waals surface area contributed by atoms with Crippen molar-refractivity contribution in [1.29, 1.82) is 0 Å². The Morgan fingerprint density at radius 2 is 1.88 bits per heavy atom. The largest absolute Gasteiger partial charge is 0.458 e. The second-order valence-corrected chi connectivity index (χ2v) is 6.74. The second-order valence-electron chi connectivity index (χ2n) is 6.74. The fourth-order valence-corrected chi connectivity index (χ4v) is 2.84. The van der Waals surface area contributed by atoms with E-state index in [4.69, 9.17) is 9.47 Å². The molecular formula is C18H28O6. The molecule has 0 fully saturated rings. The Kier molecular flexibility index (Phi) is 7.60. The summed E-state index contributed by atoms with van der Waals surface area (Å²) in [5, 5.41) is 9.40. The second kappa shape index (κ2) is 8.97. The molecule has 0 spiro atoms. The molecule has 1 rings (SSSR count). The molecule has 1 N–H and O–H groups in total. The van der Waals surface area contributed by atoms with Crippen LogP contribution in [0.3, 0.4) is 0 Å². The first-order valence-electron chi connectivity index (χ1n) is 8.43. The summed E-state index contributed by atoms with van der Waals surface area (Å²) in [6.07, 6.45) is 0.774. The maximum atomic E-state index is 12.5. The lowest BCUT2D eigenvalue weighted by molar-refractivity contribution is -0.167. The van der Waals surface area contributed by atoms with Crippen LogP contribution in [0.1, 0.15) is 47.5 Å². The van der Waals surface area contributed by atoms with Crippen molar-refractivity contribution < 1.29 is 29.0 Å². The minimum atomic E-state index is -1.04. The zero-order chi connectivity index (χ0) is 18.4. The number of carbonyl (C=O) groups is 3. The van der Waals surface area contributed by atoms with Crippen molar-refractivity contribution in [3.05, 3.63) is 11.6 Å². The van der Waals surface area contributed by atoms with Gasteiger partial charge in [0.15, 0.2) is 6.10 Å². The van der Waals surface area contributed by atoms with Crippen LogP contribution in [-0.4, -0.2) is 41.6 Å². The number of aliphatic hydroxyl groups excluding tert-OH is 1. The fraction of sp³-hybridized carbons (Fsp3) is 0.722. The number of ether oxygens (including phenoxy) is 2. The summed E-state index contributed by atoms with van der Waals surface area (Å²) in [5.41, 5.74) is 0.111. The Morgan fingerprint density at radius 3 is 2.33 bits per heavy atom. The molecule has 0 saturated carbocycles. The van der Waals surface area contributed by atoms with E-state index >= 15 is 0 Å². The van der Waals surface area contributed by atoms with E-state index in [0.717, 1.165) is 6.42 Å². The van der Waals surface area contributed by atoms with Crippen LogP contribution >= 0.6 is 0 Å². The molecule has 4 unspecified atom stereocenters. The predicted molar refractivity (Wildman–Crippen MR) is 88.0 cm³/mol. The van der Waals surface area contributed by atoms with Crippen molar-refractivity contribution in [2.45, 2.75) is 59.7 Å². The Bertz CT molecular complexity index is 508. The Labute approximate surface area is 143 Å². The third kappa shape index (κ3) is 5.16. The van der Waals surface area contributed by atoms with Gasteiger partial charge in [-0.05, 0) is 17.9 Å². The molecule has 1 aliphatic rings. The highest BCUT2D eigenvalue weighted by Crippen LogP contribution is 2.32. The molecule has 0 aromatic carbocycles. The van der Waals surface area contributed by atoms with Gasteiger partial charge in [-0.3, -0.25) is 14.4 Å². The number of esters is 2. The number of carbonyl (C=O) groups excluding carboxylic acids is 3. The van der Waals surface area contributed by atoms with Crippen LogP contribution in [0.15, 0.2) is 11.6 Å². The number of aliphatic hydroxyl groups is 1. The normalized spacial score (nSPS) is 25.2. The monoisotopic (exact) mass is 340 g/mol. The van der Waals surface area contributed by atoms with Gasteiger partial charge in [-0.15, -0.1) is 0 Å². The van der Waals surface area contributed by atoms with Gasteiger partial charge in [0.1, 0.15) is 6.10 Å². The van der Waals surface area contributed by atoms with Crippen molar-refractivity contribution in [3.63, 3.8) is 0 Å². The quantitative estimate of drug-likeness (QED) is 0.713. The molecule has 0 heterocycles. The molecular weight excluding hydrogens is 312 g/mol. The molecule has 24 heavy (non-hydrogen) atoms. The minimum absolute atomic E-state index is 0.0591. The molecule has 6 heteroatoms. The van der Waals surface area contributed by atoms with Gasteiger partial charge in [0.25, 0.3) is 0 Å².